The van der Waals surface area contributed by atoms with E-state index in [0.29, 0.717) is 6.04 Å². The van der Waals surface area contributed by atoms with Crippen molar-refractivity contribution in [3.05, 3.63) is 12.5 Å². The normalized spacial score (nSPS) is 20.0. The van der Waals surface area contributed by atoms with Gasteiger partial charge in [0.25, 0.3) is 0 Å². The lowest BCUT2D eigenvalue weighted by Crippen LogP contribution is -2.31. The van der Waals surface area contributed by atoms with Crippen LogP contribution in [0.15, 0.2) is 12.5 Å². The molecular formula is C17H34N2OS2. The largest absolute Gasteiger partial charge is 0.479 e. The first-order valence-electron chi connectivity index (χ1n) is 8.66. The van der Waals surface area contributed by atoms with Crippen molar-refractivity contribution in [3.8, 4) is 0 Å². The average molecular weight is 347 g/mol. The highest BCUT2D eigenvalue weighted by Crippen LogP contribution is 2.27. The summed E-state index contributed by atoms with van der Waals surface area (Å²) in [6.07, 6.45) is 6.55. The third kappa shape index (κ3) is 9.21. The number of hydrogen-bond acceptors (Lipinski definition) is 5. The first-order valence-corrected chi connectivity index (χ1v) is 11.2. The van der Waals surface area contributed by atoms with Gasteiger partial charge in [0.05, 0.1) is 6.61 Å². The van der Waals surface area contributed by atoms with Crippen LogP contribution in [-0.4, -0.2) is 49.2 Å². The second kappa shape index (κ2) is 12.4. The number of likely N-dealkylation sites (tertiary alicyclic amines) is 1. The van der Waals surface area contributed by atoms with Gasteiger partial charge >= 0.3 is 0 Å². The molecule has 5 heteroatoms. The molecule has 0 radical (unpaired) electrons. The number of unbranched alkanes of at least 4 members (excludes halogenated alkanes) is 1. The van der Waals surface area contributed by atoms with Crippen molar-refractivity contribution in [1.82, 2.24) is 10.2 Å². The zero-order valence-electron chi connectivity index (χ0n) is 14.6. The zero-order chi connectivity index (χ0) is 16.2. The Labute approximate surface area is 145 Å². The summed E-state index contributed by atoms with van der Waals surface area (Å²) in [7, 11) is 6.09. The highest BCUT2D eigenvalue weighted by molar-refractivity contribution is 8.76. The smallest absolute Gasteiger partial charge is 0.179 e. The minimum absolute atomic E-state index is 0.503. The van der Waals surface area contributed by atoms with Crippen molar-refractivity contribution in [3.63, 3.8) is 0 Å². The van der Waals surface area contributed by atoms with E-state index in [9.17, 15) is 0 Å². The molecule has 0 aliphatic carbocycles. The molecule has 0 aromatic carbocycles. The van der Waals surface area contributed by atoms with E-state index in [1.807, 2.05) is 21.6 Å². The van der Waals surface area contributed by atoms with Crippen LogP contribution in [0.25, 0.3) is 0 Å². The molecule has 1 aliphatic rings. The Balaban J connectivity index is 1.95. The number of nitrogens with zero attached hydrogens (tertiary/aromatic N) is 1. The molecule has 0 aromatic heterocycles. The van der Waals surface area contributed by atoms with E-state index in [0.717, 1.165) is 37.3 Å². The molecule has 2 atom stereocenters. The summed E-state index contributed by atoms with van der Waals surface area (Å²) >= 11 is 0. The van der Waals surface area contributed by atoms with Crippen LogP contribution >= 0.6 is 21.6 Å². The number of ether oxygens (including phenoxy) is 1. The van der Waals surface area contributed by atoms with Gasteiger partial charge in [-0.3, -0.25) is 0 Å². The van der Waals surface area contributed by atoms with Gasteiger partial charge in [0.1, 0.15) is 0 Å². The van der Waals surface area contributed by atoms with Crippen molar-refractivity contribution in [1.29, 1.82) is 0 Å². The summed E-state index contributed by atoms with van der Waals surface area (Å²) in [5.74, 6) is 3.92. The molecule has 0 amide bonds. The van der Waals surface area contributed by atoms with E-state index < -0.39 is 0 Å². The van der Waals surface area contributed by atoms with Crippen molar-refractivity contribution in [2.24, 2.45) is 5.92 Å². The third-order valence-corrected chi connectivity index (χ3v) is 6.65. The standard InChI is InChI=1S/C17H34N2OS2/c1-5-7-8-16(6-2)14-22-21-12-11-20-15(3)18-17-9-10-19(4)13-17/h16-18H,3,5-14H2,1-2,4H3/t16?,17-/m1/s1. The fourth-order valence-electron chi connectivity index (χ4n) is 2.62. The predicted octanol–water partition coefficient (Wildman–Crippen LogP) is 4.37. The van der Waals surface area contributed by atoms with Crippen LogP contribution in [0.4, 0.5) is 0 Å². The first-order chi connectivity index (χ1) is 10.7. The van der Waals surface area contributed by atoms with Crippen molar-refractivity contribution in [2.75, 3.05) is 38.2 Å². The molecule has 0 saturated carbocycles. The Morgan fingerprint density at radius 2 is 2.23 bits per heavy atom. The van der Waals surface area contributed by atoms with Gasteiger partial charge in [0.15, 0.2) is 5.88 Å². The van der Waals surface area contributed by atoms with Gasteiger partial charge in [-0.2, -0.15) is 0 Å². The highest BCUT2D eigenvalue weighted by Gasteiger charge is 2.19. The molecule has 0 aromatic rings. The van der Waals surface area contributed by atoms with Gasteiger partial charge in [-0.25, -0.2) is 0 Å². The van der Waals surface area contributed by atoms with Crippen LogP contribution in [0.2, 0.25) is 0 Å². The second-order valence-electron chi connectivity index (χ2n) is 6.19. The fourth-order valence-corrected chi connectivity index (χ4v) is 5.01. The number of likely N-dealkylation sites (N-methyl/N-ethyl adjacent to an activating group) is 1. The summed E-state index contributed by atoms with van der Waals surface area (Å²) in [5, 5.41) is 3.38. The highest BCUT2D eigenvalue weighted by atomic mass is 33.1. The average Bonchev–Trinajstić information content (AvgIpc) is 2.90. The molecule has 1 unspecified atom stereocenters. The molecule has 0 bridgehead atoms. The first kappa shape index (κ1) is 20.0. The van der Waals surface area contributed by atoms with Crippen LogP contribution in [0.1, 0.15) is 46.0 Å². The van der Waals surface area contributed by atoms with Crippen molar-refractivity contribution >= 4 is 21.6 Å². The fraction of sp³-hybridized carbons (Fsp3) is 0.882. The lowest BCUT2D eigenvalue weighted by molar-refractivity contribution is 0.202. The van der Waals surface area contributed by atoms with Crippen LogP contribution in [0.5, 0.6) is 0 Å². The minimum atomic E-state index is 0.503. The molecule has 22 heavy (non-hydrogen) atoms. The monoisotopic (exact) mass is 346 g/mol. The topological polar surface area (TPSA) is 24.5 Å². The van der Waals surface area contributed by atoms with E-state index in [1.54, 1.807) is 0 Å². The van der Waals surface area contributed by atoms with Gasteiger partial charge in [-0.05, 0) is 38.9 Å². The molecular weight excluding hydrogens is 312 g/mol. The van der Waals surface area contributed by atoms with E-state index >= 15 is 0 Å². The number of nitrogens with one attached hydrogen (secondary N) is 1. The summed E-state index contributed by atoms with van der Waals surface area (Å²) in [6.45, 7) is 11.5. The Bertz CT molecular complexity index is 302. The van der Waals surface area contributed by atoms with Gasteiger partial charge < -0.3 is 15.0 Å². The molecule has 1 fully saturated rings. The second-order valence-corrected chi connectivity index (χ2v) is 8.81. The Hall–Kier alpha value is 0. The zero-order valence-corrected chi connectivity index (χ0v) is 16.2. The maximum Gasteiger partial charge on any atom is 0.179 e. The molecule has 1 N–H and O–H groups in total. The van der Waals surface area contributed by atoms with Gasteiger partial charge in [-0.15, -0.1) is 0 Å². The molecule has 0 spiro atoms. The number of rotatable bonds is 13. The van der Waals surface area contributed by atoms with Gasteiger partial charge in [-0.1, -0.05) is 54.7 Å². The quantitative estimate of drug-likeness (QED) is 0.303. The van der Waals surface area contributed by atoms with E-state index in [1.165, 1.54) is 37.9 Å². The molecule has 1 saturated heterocycles. The summed E-state index contributed by atoms with van der Waals surface area (Å²) in [6, 6.07) is 0.503. The number of hydrogen-bond donors (Lipinski definition) is 1. The van der Waals surface area contributed by atoms with Crippen LogP contribution < -0.4 is 5.32 Å². The van der Waals surface area contributed by atoms with Crippen LogP contribution in [0, 0.1) is 5.92 Å². The summed E-state index contributed by atoms with van der Waals surface area (Å²) in [5.41, 5.74) is 0. The Kier molecular flexibility index (Phi) is 11.3. The summed E-state index contributed by atoms with van der Waals surface area (Å²) < 4.78 is 5.68. The molecule has 1 heterocycles. The molecule has 3 nitrogen and oxygen atoms in total. The lowest BCUT2D eigenvalue weighted by atomic mass is 10.0. The lowest BCUT2D eigenvalue weighted by Gasteiger charge is -2.17. The summed E-state index contributed by atoms with van der Waals surface area (Å²) in [4.78, 5) is 2.33. The Morgan fingerprint density at radius 1 is 1.41 bits per heavy atom. The maximum absolute atomic E-state index is 5.68. The van der Waals surface area contributed by atoms with Crippen molar-refractivity contribution < 1.29 is 4.74 Å². The maximum atomic E-state index is 5.68. The van der Waals surface area contributed by atoms with Gasteiger partial charge in [0, 0.05) is 24.1 Å². The van der Waals surface area contributed by atoms with Gasteiger partial charge in [0.2, 0.25) is 0 Å². The predicted molar refractivity (Wildman–Crippen MR) is 102 cm³/mol. The molecule has 130 valence electrons. The van der Waals surface area contributed by atoms with Crippen LogP contribution in [0.3, 0.4) is 0 Å². The SMILES string of the molecule is C=C(N[C@@H]1CCN(C)C1)OCCSSCC(CC)CCCC. The third-order valence-electron chi connectivity index (χ3n) is 4.13. The van der Waals surface area contributed by atoms with Crippen LogP contribution in [-0.2, 0) is 4.74 Å². The van der Waals surface area contributed by atoms with E-state index in [-0.39, 0.29) is 0 Å². The Morgan fingerprint density at radius 3 is 2.86 bits per heavy atom. The minimum Gasteiger partial charge on any atom is -0.479 e. The molecule has 1 aliphatic heterocycles. The molecule has 1 rings (SSSR count). The van der Waals surface area contributed by atoms with E-state index in [4.69, 9.17) is 4.74 Å². The van der Waals surface area contributed by atoms with E-state index in [2.05, 4.69) is 37.7 Å². The van der Waals surface area contributed by atoms with Crippen molar-refractivity contribution in [2.45, 2.75) is 52.0 Å².